The normalized spacial score (nSPS) is 19.9. The minimum atomic E-state index is -0.670. The molecule has 1 saturated heterocycles. The maximum absolute atomic E-state index is 12.8. The van der Waals surface area contributed by atoms with E-state index in [1.807, 2.05) is 24.0 Å². The number of hydrogen-bond donors (Lipinski definition) is 0. The van der Waals surface area contributed by atoms with Gasteiger partial charge in [-0.1, -0.05) is 19.9 Å². The van der Waals surface area contributed by atoms with Crippen molar-refractivity contribution >= 4 is 17.2 Å². The van der Waals surface area contributed by atoms with E-state index >= 15 is 0 Å². The standard InChI is InChI=1S/C20H22N4O4/c1-3-14-7-8-16(28-14)15-12-13(2)9-11-22(15)19-18(24(26)27)20(25)23-10-5-4-6-17(23)21-19/h4-8,10,13,15H,3,9,11-12H2,1-2H3. The van der Waals surface area contributed by atoms with E-state index in [2.05, 4.69) is 11.9 Å². The van der Waals surface area contributed by atoms with Crippen LogP contribution in [0.4, 0.5) is 11.5 Å². The molecule has 0 radical (unpaired) electrons. The average molecular weight is 382 g/mol. The third-order valence-electron chi connectivity index (χ3n) is 5.37. The molecule has 2 unspecified atom stereocenters. The second-order valence-electron chi connectivity index (χ2n) is 7.27. The van der Waals surface area contributed by atoms with E-state index < -0.39 is 16.2 Å². The summed E-state index contributed by atoms with van der Waals surface area (Å²) >= 11 is 0. The van der Waals surface area contributed by atoms with Crippen molar-refractivity contribution in [2.75, 3.05) is 11.4 Å². The molecule has 3 aromatic heterocycles. The first-order valence-corrected chi connectivity index (χ1v) is 9.50. The number of pyridine rings is 1. The lowest BCUT2D eigenvalue weighted by Crippen LogP contribution is -2.38. The highest BCUT2D eigenvalue weighted by Gasteiger charge is 2.36. The zero-order chi connectivity index (χ0) is 19.8. The summed E-state index contributed by atoms with van der Waals surface area (Å²) in [6, 6.07) is 8.75. The summed E-state index contributed by atoms with van der Waals surface area (Å²) in [5, 5.41) is 11.8. The number of nitro groups is 1. The van der Waals surface area contributed by atoms with Crippen molar-refractivity contribution in [2.45, 2.75) is 39.2 Å². The first kappa shape index (κ1) is 18.2. The van der Waals surface area contributed by atoms with Crippen LogP contribution in [-0.2, 0) is 6.42 Å². The SMILES string of the molecule is CCc1ccc(C2CC(C)CCN2c2nc3ccccn3c(=O)c2[N+](=O)[O-])o1. The van der Waals surface area contributed by atoms with Crippen molar-refractivity contribution < 1.29 is 9.34 Å². The maximum atomic E-state index is 12.8. The Morgan fingerprint density at radius 3 is 2.86 bits per heavy atom. The number of rotatable bonds is 4. The molecule has 4 heterocycles. The van der Waals surface area contributed by atoms with Crippen LogP contribution < -0.4 is 10.5 Å². The van der Waals surface area contributed by atoms with Gasteiger partial charge in [-0.2, -0.15) is 0 Å². The van der Waals surface area contributed by atoms with E-state index in [0.29, 0.717) is 18.1 Å². The first-order chi connectivity index (χ1) is 13.5. The molecule has 0 spiro atoms. The smallest absolute Gasteiger partial charge is 0.376 e. The summed E-state index contributed by atoms with van der Waals surface area (Å²) in [7, 11) is 0. The summed E-state index contributed by atoms with van der Waals surface area (Å²) in [4.78, 5) is 30.4. The average Bonchev–Trinajstić information content (AvgIpc) is 3.16. The fourth-order valence-corrected chi connectivity index (χ4v) is 3.86. The van der Waals surface area contributed by atoms with Crippen LogP contribution in [0.5, 0.6) is 0 Å². The van der Waals surface area contributed by atoms with Crippen molar-refractivity contribution in [3.05, 3.63) is 68.5 Å². The summed E-state index contributed by atoms with van der Waals surface area (Å²) in [5.74, 6) is 2.19. The predicted molar refractivity (Wildman–Crippen MR) is 105 cm³/mol. The van der Waals surface area contributed by atoms with Crippen molar-refractivity contribution in [3.8, 4) is 0 Å². The molecule has 4 rings (SSSR count). The van der Waals surface area contributed by atoms with Crippen molar-refractivity contribution in [1.29, 1.82) is 0 Å². The number of hydrogen-bond acceptors (Lipinski definition) is 6. The van der Waals surface area contributed by atoms with E-state index in [1.165, 1.54) is 10.6 Å². The minimum absolute atomic E-state index is 0.118. The zero-order valence-electron chi connectivity index (χ0n) is 15.9. The van der Waals surface area contributed by atoms with Crippen molar-refractivity contribution in [3.63, 3.8) is 0 Å². The number of aromatic nitrogens is 2. The van der Waals surface area contributed by atoms with Crippen LogP contribution in [0.2, 0.25) is 0 Å². The fourth-order valence-electron chi connectivity index (χ4n) is 3.86. The maximum Gasteiger partial charge on any atom is 0.376 e. The second-order valence-corrected chi connectivity index (χ2v) is 7.27. The van der Waals surface area contributed by atoms with Gasteiger partial charge in [0.1, 0.15) is 17.2 Å². The quantitative estimate of drug-likeness (QED) is 0.504. The third kappa shape index (κ3) is 3.04. The molecule has 2 atom stereocenters. The van der Waals surface area contributed by atoms with Crippen LogP contribution in [0.15, 0.2) is 45.7 Å². The first-order valence-electron chi connectivity index (χ1n) is 9.50. The highest BCUT2D eigenvalue weighted by molar-refractivity contribution is 5.62. The van der Waals surface area contributed by atoms with Gasteiger partial charge < -0.3 is 9.32 Å². The fraction of sp³-hybridized carbons (Fsp3) is 0.400. The lowest BCUT2D eigenvalue weighted by Gasteiger charge is -2.37. The Hall–Kier alpha value is -3.16. The Morgan fingerprint density at radius 2 is 2.14 bits per heavy atom. The van der Waals surface area contributed by atoms with Crippen LogP contribution in [0.1, 0.15) is 44.3 Å². The van der Waals surface area contributed by atoms with Gasteiger partial charge in [0.2, 0.25) is 5.82 Å². The Kier molecular flexibility index (Phi) is 4.62. The Morgan fingerprint density at radius 1 is 1.32 bits per heavy atom. The van der Waals surface area contributed by atoms with E-state index in [4.69, 9.17) is 4.42 Å². The monoisotopic (exact) mass is 382 g/mol. The van der Waals surface area contributed by atoms with E-state index in [9.17, 15) is 14.9 Å². The molecule has 8 nitrogen and oxygen atoms in total. The molecule has 3 aromatic rings. The summed E-state index contributed by atoms with van der Waals surface area (Å²) in [6.07, 6.45) is 3.92. The Labute approximate surface area is 161 Å². The molecule has 1 aliphatic rings. The molecule has 0 amide bonds. The number of aryl methyl sites for hydroxylation is 1. The number of fused-ring (bicyclic) bond motifs is 1. The molecule has 0 aromatic carbocycles. The largest absolute Gasteiger partial charge is 0.464 e. The highest BCUT2D eigenvalue weighted by Crippen LogP contribution is 2.39. The number of piperidine rings is 1. The lowest BCUT2D eigenvalue weighted by atomic mass is 9.91. The topological polar surface area (TPSA) is 93.9 Å². The molecule has 0 bridgehead atoms. The van der Waals surface area contributed by atoms with Gasteiger partial charge in [-0.25, -0.2) is 4.98 Å². The number of furan rings is 1. The number of anilines is 1. The molecule has 0 N–H and O–H groups in total. The van der Waals surface area contributed by atoms with Gasteiger partial charge in [-0.05, 0) is 43.0 Å². The summed E-state index contributed by atoms with van der Waals surface area (Å²) in [6.45, 7) is 4.75. The molecule has 146 valence electrons. The Balaban J connectivity index is 1.89. The van der Waals surface area contributed by atoms with Gasteiger partial charge in [-0.3, -0.25) is 19.3 Å². The summed E-state index contributed by atoms with van der Waals surface area (Å²) < 4.78 is 7.18. The van der Waals surface area contributed by atoms with Gasteiger partial charge in [0.25, 0.3) is 0 Å². The van der Waals surface area contributed by atoms with Crippen LogP contribution in [0.25, 0.3) is 5.65 Å². The van der Waals surface area contributed by atoms with Crippen LogP contribution in [0, 0.1) is 16.0 Å². The van der Waals surface area contributed by atoms with Crippen molar-refractivity contribution in [2.24, 2.45) is 5.92 Å². The lowest BCUT2D eigenvalue weighted by molar-refractivity contribution is -0.385. The molecule has 8 heteroatoms. The van der Waals surface area contributed by atoms with Gasteiger partial charge in [0, 0.05) is 19.2 Å². The highest BCUT2D eigenvalue weighted by atomic mass is 16.6. The second kappa shape index (κ2) is 7.10. The van der Waals surface area contributed by atoms with Crippen molar-refractivity contribution in [1.82, 2.24) is 9.38 Å². The van der Waals surface area contributed by atoms with E-state index in [1.54, 1.807) is 18.2 Å². The van der Waals surface area contributed by atoms with Crippen LogP contribution >= 0.6 is 0 Å². The molecule has 28 heavy (non-hydrogen) atoms. The molecular formula is C20H22N4O4. The predicted octanol–water partition coefficient (Wildman–Crippen LogP) is 3.74. The molecule has 1 fully saturated rings. The minimum Gasteiger partial charge on any atom is -0.464 e. The third-order valence-corrected chi connectivity index (χ3v) is 5.37. The Bertz CT molecular complexity index is 1090. The van der Waals surface area contributed by atoms with Crippen LogP contribution in [0.3, 0.4) is 0 Å². The van der Waals surface area contributed by atoms with Gasteiger partial charge >= 0.3 is 11.2 Å². The van der Waals surface area contributed by atoms with Gasteiger partial charge in [-0.15, -0.1) is 0 Å². The molecular weight excluding hydrogens is 360 g/mol. The van der Waals surface area contributed by atoms with Gasteiger partial charge in [0.15, 0.2) is 0 Å². The number of nitrogens with zero attached hydrogens (tertiary/aromatic N) is 4. The zero-order valence-corrected chi connectivity index (χ0v) is 15.9. The molecule has 0 saturated carbocycles. The van der Waals surface area contributed by atoms with Crippen LogP contribution in [-0.4, -0.2) is 20.9 Å². The van der Waals surface area contributed by atoms with E-state index in [0.717, 1.165) is 30.8 Å². The van der Waals surface area contributed by atoms with Gasteiger partial charge in [0.05, 0.1) is 11.0 Å². The summed E-state index contributed by atoms with van der Waals surface area (Å²) in [5.41, 5.74) is -0.777. The van der Waals surface area contributed by atoms with E-state index in [-0.39, 0.29) is 11.9 Å². The molecule has 0 aliphatic carbocycles. The molecule has 1 aliphatic heterocycles.